The number of hydrogen-bond acceptors (Lipinski definition) is 5. The third-order valence-electron chi connectivity index (χ3n) is 4.27. The highest BCUT2D eigenvalue weighted by Crippen LogP contribution is 2.27. The molecule has 0 saturated heterocycles. The molecule has 2 aromatic carbocycles. The summed E-state index contributed by atoms with van der Waals surface area (Å²) in [7, 11) is 0. The zero-order valence-corrected chi connectivity index (χ0v) is 15.9. The third-order valence-corrected chi connectivity index (χ3v) is 4.27. The van der Waals surface area contributed by atoms with Crippen LogP contribution >= 0.6 is 0 Å². The Bertz CT molecular complexity index is 982. The summed E-state index contributed by atoms with van der Waals surface area (Å²) >= 11 is 0. The molecular formula is C22H22N2O4. The van der Waals surface area contributed by atoms with Crippen molar-refractivity contribution in [2.75, 3.05) is 24.7 Å². The van der Waals surface area contributed by atoms with Gasteiger partial charge in [0.1, 0.15) is 5.56 Å². The van der Waals surface area contributed by atoms with E-state index >= 15 is 0 Å². The zero-order valence-electron chi connectivity index (χ0n) is 15.9. The van der Waals surface area contributed by atoms with Gasteiger partial charge in [0, 0.05) is 18.1 Å². The third kappa shape index (κ3) is 4.11. The fraction of sp³-hybridized carbons (Fsp3) is 0.227. The van der Waals surface area contributed by atoms with Crippen LogP contribution in [0.1, 0.15) is 24.2 Å². The van der Waals surface area contributed by atoms with Gasteiger partial charge in [0.05, 0.1) is 12.3 Å². The first-order chi connectivity index (χ1) is 13.7. The molecule has 1 aromatic heterocycles. The second-order valence-corrected chi connectivity index (χ2v) is 6.00. The van der Waals surface area contributed by atoms with Crippen molar-refractivity contribution in [3.8, 4) is 5.88 Å². The highest BCUT2D eigenvalue weighted by molar-refractivity contribution is 6.04. The monoisotopic (exact) mass is 378 g/mol. The number of amides is 1. The molecule has 0 aliphatic heterocycles. The molecule has 0 aliphatic carbocycles. The Labute approximate surface area is 163 Å². The van der Waals surface area contributed by atoms with Crippen molar-refractivity contribution in [1.29, 1.82) is 0 Å². The lowest BCUT2D eigenvalue weighted by atomic mass is 10.1. The maximum absolute atomic E-state index is 12.8. The SMILES string of the molecule is CCOc1ncccc1C(=O)OCC(=O)N(CC)c1cccc2ccccc12. The minimum Gasteiger partial charge on any atom is -0.477 e. The van der Waals surface area contributed by atoms with E-state index < -0.39 is 5.97 Å². The summed E-state index contributed by atoms with van der Waals surface area (Å²) in [4.78, 5) is 30.8. The predicted octanol–water partition coefficient (Wildman–Crippen LogP) is 3.84. The number of ether oxygens (including phenoxy) is 2. The number of aromatic nitrogens is 1. The molecule has 0 atom stereocenters. The maximum atomic E-state index is 12.8. The second-order valence-electron chi connectivity index (χ2n) is 6.00. The average molecular weight is 378 g/mol. The molecular weight excluding hydrogens is 356 g/mol. The summed E-state index contributed by atoms with van der Waals surface area (Å²) < 4.78 is 10.6. The minimum absolute atomic E-state index is 0.198. The number of benzene rings is 2. The molecule has 3 aromatic rings. The molecule has 6 heteroatoms. The Morgan fingerprint density at radius 3 is 2.57 bits per heavy atom. The number of carbonyl (C=O) groups excluding carboxylic acids is 2. The fourth-order valence-corrected chi connectivity index (χ4v) is 3.01. The van der Waals surface area contributed by atoms with Crippen LogP contribution in [0.15, 0.2) is 60.8 Å². The van der Waals surface area contributed by atoms with Gasteiger partial charge < -0.3 is 14.4 Å². The van der Waals surface area contributed by atoms with E-state index in [1.165, 1.54) is 6.20 Å². The summed E-state index contributed by atoms with van der Waals surface area (Å²) in [6.07, 6.45) is 1.53. The Morgan fingerprint density at radius 2 is 1.79 bits per heavy atom. The van der Waals surface area contributed by atoms with Crippen LogP contribution in [0, 0.1) is 0 Å². The van der Waals surface area contributed by atoms with Gasteiger partial charge in [0.15, 0.2) is 6.61 Å². The van der Waals surface area contributed by atoms with Crippen LogP contribution < -0.4 is 9.64 Å². The summed E-state index contributed by atoms with van der Waals surface area (Å²) in [5.41, 5.74) is 0.989. The molecule has 144 valence electrons. The number of likely N-dealkylation sites (N-methyl/N-ethyl adjacent to an activating group) is 1. The van der Waals surface area contributed by atoms with Gasteiger partial charge in [-0.25, -0.2) is 9.78 Å². The number of hydrogen-bond donors (Lipinski definition) is 0. The average Bonchev–Trinajstić information content (AvgIpc) is 2.73. The standard InChI is InChI=1S/C22H22N2O4/c1-3-24(19-13-7-10-16-9-5-6-11-17(16)19)20(25)15-28-22(26)18-12-8-14-23-21(18)27-4-2/h5-14H,3-4,15H2,1-2H3. The molecule has 1 amide bonds. The van der Waals surface area contributed by atoms with Gasteiger partial charge in [-0.15, -0.1) is 0 Å². The Hall–Kier alpha value is -3.41. The maximum Gasteiger partial charge on any atom is 0.344 e. The predicted molar refractivity (Wildman–Crippen MR) is 108 cm³/mol. The molecule has 0 aliphatic rings. The molecule has 0 N–H and O–H groups in total. The number of rotatable bonds is 7. The lowest BCUT2D eigenvalue weighted by Gasteiger charge is -2.22. The van der Waals surface area contributed by atoms with Gasteiger partial charge >= 0.3 is 5.97 Å². The first-order valence-electron chi connectivity index (χ1n) is 9.18. The zero-order chi connectivity index (χ0) is 19.9. The first-order valence-corrected chi connectivity index (χ1v) is 9.18. The van der Waals surface area contributed by atoms with Gasteiger partial charge in [0.25, 0.3) is 5.91 Å². The van der Waals surface area contributed by atoms with Crippen molar-refractivity contribution in [3.63, 3.8) is 0 Å². The molecule has 0 radical (unpaired) electrons. The molecule has 0 bridgehead atoms. The van der Waals surface area contributed by atoms with Crippen molar-refractivity contribution < 1.29 is 19.1 Å². The number of esters is 1. The van der Waals surface area contributed by atoms with Crippen LogP contribution in [0.4, 0.5) is 5.69 Å². The van der Waals surface area contributed by atoms with Crippen molar-refractivity contribution in [1.82, 2.24) is 4.98 Å². The smallest absolute Gasteiger partial charge is 0.344 e. The van der Waals surface area contributed by atoms with Gasteiger partial charge in [-0.3, -0.25) is 4.79 Å². The van der Waals surface area contributed by atoms with Crippen LogP contribution in [0.25, 0.3) is 10.8 Å². The quantitative estimate of drug-likeness (QED) is 0.584. The van der Waals surface area contributed by atoms with Crippen LogP contribution in [0.5, 0.6) is 5.88 Å². The fourth-order valence-electron chi connectivity index (χ4n) is 3.01. The van der Waals surface area contributed by atoms with Gasteiger partial charge in [0.2, 0.25) is 5.88 Å². The van der Waals surface area contributed by atoms with Crippen LogP contribution in [0.2, 0.25) is 0 Å². The van der Waals surface area contributed by atoms with Crippen molar-refractivity contribution in [3.05, 3.63) is 66.4 Å². The Morgan fingerprint density at radius 1 is 1.00 bits per heavy atom. The Balaban J connectivity index is 1.75. The summed E-state index contributed by atoms with van der Waals surface area (Å²) in [6.45, 7) is 4.16. The molecule has 0 saturated carbocycles. The highest BCUT2D eigenvalue weighted by Gasteiger charge is 2.20. The van der Waals surface area contributed by atoms with Crippen LogP contribution in [-0.2, 0) is 9.53 Å². The lowest BCUT2D eigenvalue weighted by Crippen LogP contribution is -2.34. The molecule has 1 heterocycles. The van der Waals surface area contributed by atoms with E-state index in [1.54, 1.807) is 24.0 Å². The van der Waals surface area contributed by atoms with Crippen molar-refractivity contribution in [2.45, 2.75) is 13.8 Å². The molecule has 3 rings (SSSR count). The number of nitrogens with zero attached hydrogens (tertiary/aromatic N) is 2. The highest BCUT2D eigenvalue weighted by atomic mass is 16.5. The van der Waals surface area contributed by atoms with Crippen molar-refractivity contribution >= 4 is 28.3 Å². The van der Waals surface area contributed by atoms with Crippen molar-refractivity contribution in [2.24, 2.45) is 0 Å². The molecule has 0 fully saturated rings. The van der Waals surface area contributed by atoms with Gasteiger partial charge in [-0.05, 0) is 37.4 Å². The second kappa shape index (κ2) is 8.99. The molecule has 0 spiro atoms. The van der Waals surface area contributed by atoms with E-state index in [0.29, 0.717) is 13.2 Å². The molecule has 6 nitrogen and oxygen atoms in total. The summed E-state index contributed by atoms with van der Waals surface area (Å²) in [6, 6.07) is 16.8. The summed E-state index contributed by atoms with van der Waals surface area (Å²) in [5.74, 6) is -0.739. The normalized spacial score (nSPS) is 10.5. The number of carbonyl (C=O) groups is 2. The lowest BCUT2D eigenvalue weighted by molar-refractivity contribution is -0.121. The van der Waals surface area contributed by atoms with E-state index in [1.807, 2.05) is 49.4 Å². The van der Waals surface area contributed by atoms with E-state index in [-0.39, 0.29) is 24.0 Å². The molecule has 0 unspecified atom stereocenters. The number of pyridine rings is 1. The first kappa shape index (κ1) is 19.4. The van der Waals surface area contributed by atoms with E-state index in [9.17, 15) is 9.59 Å². The van der Waals surface area contributed by atoms with Crippen LogP contribution in [-0.4, -0.2) is 36.6 Å². The molecule has 28 heavy (non-hydrogen) atoms. The van der Waals surface area contributed by atoms with E-state index in [2.05, 4.69) is 4.98 Å². The Kier molecular flexibility index (Phi) is 6.22. The minimum atomic E-state index is -0.640. The topological polar surface area (TPSA) is 68.7 Å². The number of anilines is 1. The van der Waals surface area contributed by atoms with Gasteiger partial charge in [-0.1, -0.05) is 36.4 Å². The number of fused-ring (bicyclic) bond motifs is 1. The van der Waals surface area contributed by atoms with Gasteiger partial charge in [-0.2, -0.15) is 0 Å². The van der Waals surface area contributed by atoms with Crippen LogP contribution in [0.3, 0.4) is 0 Å². The van der Waals surface area contributed by atoms with E-state index in [4.69, 9.17) is 9.47 Å². The largest absolute Gasteiger partial charge is 0.477 e. The summed E-state index contributed by atoms with van der Waals surface area (Å²) in [5, 5.41) is 2.01. The van der Waals surface area contributed by atoms with E-state index in [0.717, 1.165) is 16.5 Å².